The lowest BCUT2D eigenvalue weighted by Gasteiger charge is -2.29. The van der Waals surface area contributed by atoms with Crippen molar-refractivity contribution >= 4 is 47.6 Å². The summed E-state index contributed by atoms with van der Waals surface area (Å²) >= 11 is 0. The van der Waals surface area contributed by atoms with Gasteiger partial charge in [-0.25, -0.2) is 0 Å². The first-order chi connectivity index (χ1) is 44.9. The highest BCUT2D eigenvalue weighted by Gasteiger charge is 2.45. The summed E-state index contributed by atoms with van der Waals surface area (Å²) in [6.07, 6.45) is -2.35. The molecule has 0 bridgehead atoms. The average molecular weight is 1440 g/mol. The highest BCUT2D eigenvalue weighted by atomic mass is 16.8. The van der Waals surface area contributed by atoms with Gasteiger partial charge in [-0.3, -0.25) is 43.3 Å². The van der Waals surface area contributed by atoms with Crippen molar-refractivity contribution in [2.75, 3.05) is 143 Å². The van der Waals surface area contributed by atoms with E-state index in [9.17, 15) is 48.6 Å². The normalized spacial score (nSPS) is 18.9. The first kappa shape index (κ1) is 99.6. The molecule has 100 heavy (non-hydrogen) atoms. The molecule has 28 nitrogen and oxygen atoms in total. The molecule has 0 saturated carbocycles. The molecule has 590 valence electrons. The van der Waals surface area contributed by atoms with Crippen LogP contribution in [0, 0.1) is 5.92 Å². The molecular formula is C72H141N7O21. The van der Waals surface area contributed by atoms with Gasteiger partial charge in [-0.05, 0) is 243 Å². The Hall–Kier alpha value is -4.56. The number of aliphatic hydroxyl groups is 2. The van der Waals surface area contributed by atoms with E-state index in [1.54, 1.807) is 93.4 Å². The van der Waals surface area contributed by atoms with Crippen molar-refractivity contribution in [3.05, 3.63) is 0 Å². The molecule has 0 spiro atoms. The summed E-state index contributed by atoms with van der Waals surface area (Å²) in [4.78, 5) is 104. The number of aliphatic hydroxyl groups excluding tert-OH is 2. The molecular weight excluding hydrogens is 1300 g/mol. The average Bonchev–Trinajstić information content (AvgIpc) is 1.68. The van der Waals surface area contributed by atoms with Gasteiger partial charge in [0.2, 0.25) is 0 Å². The first-order valence-corrected chi connectivity index (χ1v) is 34.6. The Labute approximate surface area is 602 Å². The molecule has 3 saturated heterocycles. The Morgan fingerprint density at radius 3 is 1.21 bits per heavy atom. The van der Waals surface area contributed by atoms with E-state index in [4.69, 9.17) is 52.1 Å². The van der Waals surface area contributed by atoms with Gasteiger partial charge in [0, 0.05) is 45.7 Å². The standard InChI is InChI=1S/C18H33NO6.C14H27NO4.C11H24N2O2.C11H23NO4.C10H19NO3.C8H15NO2/c1-17(2,3)25-16(21)11-13-14(24-18(4,5)23-13)12-22-15(20)9-8-10-19(6)7;1-13(2,3)19-12(16)8-10-11(9-15(6)7)18-14(4,5)17-10;1-11(2,3)15-10(14)9-13(6)8-7-12(4)5;1-11(2,3)16-10(15)6-8(13)9(14)7-12(4)5;1-10(2,3)14-9(13)6-8(12)7-11(4)5;1-8(2,3)11-7(10)6-4-9-5-6/h13-14H,8-12H2,1-7H3;10-11H,8-9H2,1-7H3;7-9H2,1-6H3;8-9,13-14H,6-7H2,1-5H3;6-7H2,1-5H3;6,9H,4-5H2,1-3H3/t13-,14-;10-,11-;;8-,9-;;/m11.1../s1. The molecule has 28 heteroatoms. The van der Waals surface area contributed by atoms with E-state index >= 15 is 0 Å². The molecule has 6 atom stereocenters. The molecule has 3 N–H and O–H groups in total. The quantitative estimate of drug-likeness (QED) is 0.0472. The molecule has 0 radical (unpaired) electrons. The molecule has 3 aliphatic heterocycles. The second-order valence-corrected chi connectivity index (χ2v) is 33.6. The predicted octanol–water partition coefficient (Wildman–Crippen LogP) is 6.14. The van der Waals surface area contributed by atoms with Gasteiger partial charge in [-0.1, -0.05) is 0 Å². The Balaban J connectivity index is -0.00000115. The molecule has 0 unspecified atom stereocenters. The number of carbonyl (C=O) groups excluding carboxylic acids is 8. The molecule has 3 aliphatic rings. The molecule has 0 aromatic heterocycles. The Bertz CT molecular complexity index is 2390. The highest BCUT2D eigenvalue weighted by molar-refractivity contribution is 5.96. The summed E-state index contributed by atoms with van der Waals surface area (Å²) in [5, 5.41) is 22.1. The van der Waals surface area contributed by atoms with Crippen molar-refractivity contribution < 1.29 is 101 Å². The fraction of sp³-hybridized carbons (Fsp3) is 0.889. The highest BCUT2D eigenvalue weighted by Crippen LogP contribution is 2.32. The second-order valence-electron chi connectivity index (χ2n) is 33.6. The minimum atomic E-state index is -1.09. The number of hydrogen-bond acceptors (Lipinski definition) is 28. The third-order valence-corrected chi connectivity index (χ3v) is 12.4. The lowest BCUT2D eigenvalue weighted by atomic mass is 10.0. The topological polar surface area (TPSA) is 310 Å². The predicted molar refractivity (Wildman–Crippen MR) is 385 cm³/mol. The van der Waals surface area contributed by atoms with Crippen molar-refractivity contribution in [1.29, 1.82) is 0 Å². The van der Waals surface area contributed by atoms with Crippen LogP contribution in [0.4, 0.5) is 0 Å². The van der Waals surface area contributed by atoms with Crippen LogP contribution >= 0.6 is 0 Å². The van der Waals surface area contributed by atoms with E-state index in [1.807, 2.05) is 161 Å². The van der Waals surface area contributed by atoms with Crippen LogP contribution in [0.15, 0.2) is 0 Å². The van der Waals surface area contributed by atoms with Crippen molar-refractivity contribution in [3.8, 4) is 0 Å². The maximum atomic E-state index is 12.0. The summed E-state index contributed by atoms with van der Waals surface area (Å²) in [7, 11) is 20.9. The van der Waals surface area contributed by atoms with Crippen molar-refractivity contribution in [2.45, 2.75) is 273 Å². The molecule has 3 heterocycles. The van der Waals surface area contributed by atoms with Crippen LogP contribution in [0.3, 0.4) is 0 Å². The van der Waals surface area contributed by atoms with Gasteiger partial charge in [0.15, 0.2) is 17.4 Å². The number of ether oxygens (including phenoxy) is 11. The van der Waals surface area contributed by atoms with Gasteiger partial charge in [0.25, 0.3) is 0 Å². The zero-order chi connectivity index (χ0) is 78.9. The lowest BCUT2D eigenvalue weighted by molar-refractivity contribution is -0.165. The minimum Gasteiger partial charge on any atom is -0.463 e. The summed E-state index contributed by atoms with van der Waals surface area (Å²) < 4.78 is 59.6. The number of hydrogen-bond donors (Lipinski definition) is 3. The summed E-state index contributed by atoms with van der Waals surface area (Å²) in [6, 6.07) is 0. The van der Waals surface area contributed by atoms with Gasteiger partial charge < -0.3 is 92.1 Å². The number of rotatable bonds is 27. The number of likely N-dealkylation sites (N-methyl/N-ethyl adjacent to an activating group) is 5. The maximum Gasteiger partial charge on any atom is 0.320 e. The van der Waals surface area contributed by atoms with Gasteiger partial charge in [0.1, 0.15) is 64.9 Å². The van der Waals surface area contributed by atoms with Gasteiger partial charge in [-0.15, -0.1) is 0 Å². The summed E-state index contributed by atoms with van der Waals surface area (Å²) in [6.45, 7) is 46.1. The van der Waals surface area contributed by atoms with Crippen LogP contribution in [-0.2, 0) is 90.5 Å². The number of ketones is 1. The van der Waals surface area contributed by atoms with E-state index in [-0.39, 0.29) is 104 Å². The Kier molecular flexibility index (Phi) is 45.4. The largest absolute Gasteiger partial charge is 0.463 e. The van der Waals surface area contributed by atoms with Gasteiger partial charge in [-0.2, -0.15) is 0 Å². The number of esters is 7. The van der Waals surface area contributed by atoms with E-state index in [0.717, 1.165) is 45.7 Å². The number of Topliss-reactive ketones (excluding diaryl/α,β-unsaturated/α-hetero) is 1. The monoisotopic (exact) mass is 1440 g/mol. The summed E-state index contributed by atoms with van der Waals surface area (Å²) in [5.41, 5.74) is -2.84. The fourth-order valence-corrected chi connectivity index (χ4v) is 8.72. The second kappa shape index (κ2) is 45.6. The zero-order valence-electron chi connectivity index (χ0n) is 68.2. The minimum absolute atomic E-state index is 0.0591. The third-order valence-electron chi connectivity index (χ3n) is 12.4. The van der Waals surface area contributed by atoms with Crippen LogP contribution in [0.2, 0.25) is 0 Å². The fourth-order valence-electron chi connectivity index (χ4n) is 8.72. The first-order valence-electron chi connectivity index (χ1n) is 34.6. The van der Waals surface area contributed by atoms with Crippen molar-refractivity contribution in [3.63, 3.8) is 0 Å². The molecule has 0 amide bonds. The smallest absolute Gasteiger partial charge is 0.320 e. The Morgan fingerprint density at radius 2 is 0.830 bits per heavy atom. The van der Waals surface area contributed by atoms with E-state index in [2.05, 4.69) is 10.2 Å². The van der Waals surface area contributed by atoms with Gasteiger partial charge in [0.05, 0.1) is 56.6 Å². The zero-order valence-corrected chi connectivity index (χ0v) is 68.2. The van der Waals surface area contributed by atoms with Gasteiger partial charge >= 0.3 is 41.8 Å². The number of carbonyl (C=O) groups is 8. The number of nitrogens with one attached hydrogen (secondary N) is 1. The molecule has 0 aromatic carbocycles. The molecule has 3 fully saturated rings. The lowest BCUT2D eigenvalue weighted by Crippen LogP contribution is -2.48. The van der Waals surface area contributed by atoms with Crippen LogP contribution in [0.25, 0.3) is 0 Å². The van der Waals surface area contributed by atoms with E-state index in [1.165, 1.54) is 0 Å². The molecule has 0 aromatic rings. The van der Waals surface area contributed by atoms with Crippen LogP contribution in [-0.4, -0.2) is 312 Å². The van der Waals surface area contributed by atoms with Crippen LogP contribution < -0.4 is 5.32 Å². The van der Waals surface area contributed by atoms with E-state index < -0.39 is 70.3 Å². The van der Waals surface area contributed by atoms with Crippen LogP contribution in [0.5, 0.6) is 0 Å². The number of nitrogens with zero attached hydrogens (tertiary/aromatic N) is 6. The van der Waals surface area contributed by atoms with E-state index in [0.29, 0.717) is 19.5 Å². The molecule has 3 rings (SSSR count). The van der Waals surface area contributed by atoms with Crippen molar-refractivity contribution in [2.24, 2.45) is 5.92 Å². The Morgan fingerprint density at radius 1 is 0.440 bits per heavy atom. The maximum absolute atomic E-state index is 12.0. The SMILES string of the molecule is CC(C)(C)OC(=O)C1CNC1.CN(C)CC(=O)CC(=O)OC(C)(C)C.CN(C)CCCC(=O)OC[C@H]1OC(C)(C)O[C@@H]1CC(=O)OC(C)(C)C.CN(C)CCN(C)CC(=O)OC(C)(C)C.CN(C)C[C@@H](O)[C@H](O)CC(=O)OC(C)(C)C.CN(C)C[C@H]1OC(C)(C)O[C@@H]1CC(=O)OC(C)(C)C. The third kappa shape index (κ3) is 59.9. The van der Waals surface area contributed by atoms with Crippen molar-refractivity contribution in [1.82, 2.24) is 34.7 Å². The molecule has 0 aliphatic carbocycles. The van der Waals surface area contributed by atoms with Crippen LogP contribution in [0.1, 0.15) is 191 Å². The summed E-state index contributed by atoms with van der Waals surface area (Å²) in [5.74, 6) is -3.57.